The van der Waals surface area contributed by atoms with E-state index in [9.17, 15) is 58.0 Å². The van der Waals surface area contributed by atoms with E-state index in [1.165, 1.54) is 17.1 Å². The van der Waals surface area contributed by atoms with Crippen molar-refractivity contribution in [1.82, 2.24) is 20.5 Å². The number of phenols is 2. The van der Waals surface area contributed by atoms with Crippen LogP contribution >= 0.6 is 23.1 Å². The molecule has 1 aromatic carbocycles. The summed E-state index contributed by atoms with van der Waals surface area (Å²) in [5, 5.41) is 57.0. The predicted molar refractivity (Wildman–Crippen MR) is 186 cm³/mol. The molecular weight excluding hydrogens is 777 g/mol. The second kappa shape index (κ2) is 14.9. The van der Waals surface area contributed by atoms with Crippen molar-refractivity contribution in [3.8, 4) is 11.5 Å². The molecule has 2 aromatic rings. The number of nitrogens with two attached hydrogens (primary N) is 1. The number of piperidine rings is 1. The minimum Gasteiger partial charge on any atom is -0.502 e. The number of thiazole rings is 1. The lowest BCUT2D eigenvalue weighted by atomic mass is 9.92. The molecule has 0 spiro atoms. The molecule has 1 aromatic heterocycles. The third kappa shape index (κ3) is 7.33. The highest BCUT2D eigenvalue weighted by atomic mass is 32.2. The van der Waals surface area contributed by atoms with Crippen LogP contribution in [0.3, 0.4) is 0 Å². The van der Waals surface area contributed by atoms with Crippen LogP contribution in [0, 0.1) is 11.6 Å². The van der Waals surface area contributed by atoms with E-state index in [2.05, 4.69) is 20.8 Å². The number of hydrogen-bond acceptors (Lipinski definition) is 14. The van der Waals surface area contributed by atoms with Gasteiger partial charge in [-0.1, -0.05) is 5.16 Å². The van der Waals surface area contributed by atoms with E-state index >= 15 is 0 Å². The molecule has 4 aliphatic rings. The Kier molecular flexibility index (Phi) is 10.6. The molecule has 294 valence electrons. The number of carbonyl (C=O) groups excluding carboxylic acids is 3. The van der Waals surface area contributed by atoms with Gasteiger partial charge in [-0.15, -0.1) is 23.1 Å². The summed E-state index contributed by atoms with van der Waals surface area (Å²) < 4.78 is 28.9. The van der Waals surface area contributed by atoms with Gasteiger partial charge in [0.05, 0.1) is 31.1 Å². The molecule has 0 aliphatic carbocycles. The largest absolute Gasteiger partial charge is 0.502 e. The zero-order valence-electron chi connectivity index (χ0n) is 28.6. The van der Waals surface area contributed by atoms with Gasteiger partial charge in [-0.05, 0) is 6.07 Å². The van der Waals surface area contributed by atoms with E-state index < -0.39 is 100 Å². The monoisotopic (exact) mass is 810 g/mol. The number of nitrogen functional groups attached to an aromatic ring is 1. The number of amides is 3. The van der Waals surface area contributed by atoms with Crippen LogP contribution in [0.25, 0.3) is 0 Å². The van der Waals surface area contributed by atoms with Crippen LogP contribution in [0.15, 0.2) is 27.9 Å². The number of fused-ring (bicyclic) bond motifs is 3. The molecule has 6 rings (SSSR count). The number of oxime groups is 1. The molecule has 19 nitrogen and oxygen atoms in total. The number of hydrogen-bond donors (Lipinski definition) is 8. The van der Waals surface area contributed by atoms with Crippen molar-refractivity contribution in [2.75, 3.05) is 25.1 Å². The molecule has 55 heavy (non-hydrogen) atoms. The number of nitrogens with one attached hydrogen (secondary N) is 2. The van der Waals surface area contributed by atoms with Gasteiger partial charge in [0.2, 0.25) is 6.10 Å². The number of benzene rings is 1. The molecule has 2 bridgehead atoms. The first-order chi connectivity index (χ1) is 25.9. The number of likely N-dealkylation sites (N-methyl/N-ethyl adjacent to an activating group) is 1. The van der Waals surface area contributed by atoms with Gasteiger partial charge in [-0.2, -0.15) is 0 Å². The SMILES string of the molecule is C[N+]1(CC2=C(C(=O)O)N3C(=O)[C@@H](NC(=O)/C(=N\O[C@@H](CC(=O)O)C(=O)O)c4csc(N)n4)[C@H]3SC2)[C@@H]2CC[C@@H]1CC(NC(=O)c1cc(F)c(O)c(O)c1F)C2. The number of anilines is 1. The number of thioether (sulfide) groups is 1. The van der Waals surface area contributed by atoms with Gasteiger partial charge in [0.15, 0.2) is 34.0 Å². The maximum Gasteiger partial charge on any atom is 0.352 e. The van der Waals surface area contributed by atoms with Gasteiger partial charge in [-0.3, -0.25) is 24.1 Å². The van der Waals surface area contributed by atoms with Gasteiger partial charge < -0.3 is 51.2 Å². The maximum absolute atomic E-state index is 14.5. The molecule has 5 atom stereocenters. The highest BCUT2D eigenvalue weighted by Crippen LogP contribution is 2.46. The Morgan fingerprint density at radius 2 is 1.78 bits per heavy atom. The van der Waals surface area contributed by atoms with Crippen LogP contribution in [-0.2, 0) is 28.8 Å². The molecule has 4 aliphatic heterocycles. The molecule has 5 heterocycles. The molecule has 0 saturated carbocycles. The zero-order valence-corrected chi connectivity index (χ0v) is 30.2. The molecule has 3 fully saturated rings. The average Bonchev–Trinajstić information content (AvgIpc) is 3.59. The van der Waals surface area contributed by atoms with Crippen molar-refractivity contribution in [3.05, 3.63) is 45.6 Å². The van der Waals surface area contributed by atoms with Crippen molar-refractivity contribution >= 4 is 69.6 Å². The number of aromatic hydroxyl groups is 2. The Bertz CT molecular complexity index is 2050. The number of aromatic nitrogens is 1. The summed E-state index contributed by atoms with van der Waals surface area (Å²) in [4.78, 5) is 85.0. The number of β-lactam (4-membered cyclic amide) rings is 1. The molecule has 0 radical (unpaired) electrons. The Morgan fingerprint density at radius 3 is 2.36 bits per heavy atom. The minimum atomic E-state index is -1.96. The average molecular weight is 811 g/mol. The fourth-order valence-electron chi connectivity index (χ4n) is 7.62. The summed E-state index contributed by atoms with van der Waals surface area (Å²) in [7, 11) is 1.96. The van der Waals surface area contributed by atoms with Gasteiger partial charge in [0.1, 0.15) is 29.4 Å². The number of carbonyl (C=O) groups is 6. The lowest BCUT2D eigenvalue weighted by Crippen LogP contribution is -2.71. The van der Waals surface area contributed by atoms with Crippen molar-refractivity contribution < 1.29 is 72.4 Å². The lowest BCUT2D eigenvalue weighted by molar-refractivity contribution is -0.944. The number of quaternary nitrogens is 1. The number of phenolic OH excluding ortho intramolecular Hbond substituents is 2. The van der Waals surface area contributed by atoms with E-state index in [-0.39, 0.29) is 40.9 Å². The molecule has 3 saturated heterocycles. The highest BCUT2D eigenvalue weighted by molar-refractivity contribution is 8.00. The van der Waals surface area contributed by atoms with E-state index in [1.807, 2.05) is 7.05 Å². The summed E-state index contributed by atoms with van der Waals surface area (Å²) in [5.41, 5.74) is 4.40. The third-order valence-corrected chi connectivity index (χ3v) is 12.3. The fourth-order valence-corrected chi connectivity index (χ4v) is 9.50. The molecular formula is C32H34F2N7O12S2+. The lowest BCUT2D eigenvalue weighted by Gasteiger charge is -2.52. The van der Waals surface area contributed by atoms with E-state index in [4.69, 9.17) is 15.7 Å². The summed E-state index contributed by atoms with van der Waals surface area (Å²) >= 11 is 2.12. The van der Waals surface area contributed by atoms with Gasteiger partial charge in [0.25, 0.3) is 17.7 Å². The van der Waals surface area contributed by atoms with Crippen LogP contribution in [0.2, 0.25) is 0 Å². The van der Waals surface area contributed by atoms with Crippen molar-refractivity contribution in [2.45, 2.75) is 67.7 Å². The molecule has 3 amide bonds. The topological polar surface area (TPSA) is 291 Å². The number of halogens is 2. The summed E-state index contributed by atoms with van der Waals surface area (Å²) in [5.74, 6) is -12.6. The fraction of sp³-hybridized carbons (Fsp3) is 0.438. The van der Waals surface area contributed by atoms with Crippen LogP contribution in [0.1, 0.15) is 48.2 Å². The van der Waals surface area contributed by atoms with Crippen LogP contribution < -0.4 is 16.4 Å². The molecule has 23 heteroatoms. The van der Waals surface area contributed by atoms with Crippen molar-refractivity contribution in [3.63, 3.8) is 0 Å². The summed E-state index contributed by atoms with van der Waals surface area (Å²) in [6, 6.07) is -1.37. The van der Waals surface area contributed by atoms with Gasteiger partial charge >= 0.3 is 17.9 Å². The first kappa shape index (κ1) is 39.2. The number of carboxylic acid groups (broad SMARTS) is 3. The normalized spacial score (nSPS) is 26.5. The number of rotatable bonds is 13. The summed E-state index contributed by atoms with van der Waals surface area (Å²) in [6.45, 7) is 0.240. The van der Waals surface area contributed by atoms with Gasteiger partial charge in [0, 0.05) is 48.4 Å². The smallest absolute Gasteiger partial charge is 0.352 e. The molecule has 9 N–H and O–H groups in total. The number of aliphatic carboxylic acids is 3. The third-order valence-electron chi connectivity index (χ3n) is 10.3. The van der Waals surface area contributed by atoms with Crippen molar-refractivity contribution in [1.29, 1.82) is 0 Å². The van der Waals surface area contributed by atoms with Crippen molar-refractivity contribution in [2.24, 2.45) is 5.16 Å². The van der Waals surface area contributed by atoms with E-state index in [0.29, 0.717) is 29.0 Å². The standard InChI is InChI=1S/C32H33F2N7O12S2/c1-41(13-2-3-14(41)5-12(4-13)36-26(46)15-6-16(33)24(44)25(45)20(15)34)8-11-9-54-29-22(28(48)40(29)23(11)31(51)52)38-27(47)21(17-10-55-32(35)37-17)39-53-18(30(49)50)7-19(42)43/h6,10,12-14,18,22,29H,2-5,7-9H2,1H3,(H8-,35,36,37,38,39,42,43,44,45,46,47,49,50,51,52)/p+1/t12?,13-,14-,18+,22-,29-,41?/m1/s1. The predicted octanol–water partition coefficient (Wildman–Crippen LogP) is 0.372. The Morgan fingerprint density at radius 1 is 1.11 bits per heavy atom. The Labute approximate surface area is 317 Å². The van der Waals surface area contributed by atoms with E-state index in [0.717, 1.165) is 29.1 Å². The Balaban J connectivity index is 1.15. The van der Waals surface area contributed by atoms with Crippen LogP contribution in [0.5, 0.6) is 11.5 Å². The number of nitrogens with zero attached hydrogens (tertiary/aromatic N) is 4. The number of carboxylic acids is 3. The molecule has 0 unspecified atom stereocenters. The maximum atomic E-state index is 14.5. The van der Waals surface area contributed by atoms with Crippen LogP contribution in [0.4, 0.5) is 13.9 Å². The van der Waals surface area contributed by atoms with E-state index in [1.54, 1.807) is 0 Å². The second-order valence-corrected chi connectivity index (χ2v) is 15.6. The highest BCUT2D eigenvalue weighted by Gasteiger charge is 2.57. The quantitative estimate of drug-likeness (QED) is 0.0446. The Hall–Kier alpha value is -5.55. The second-order valence-electron chi connectivity index (χ2n) is 13.6. The zero-order chi connectivity index (χ0) is 40.1. The first-order valence-corrected chi connectivity index (χ1v) is 18.5. The van der Waals surface area contributed by atoms with Gasteiger partial charge in [-0.25, -0.2) is 23.4 Å². The summed E-state index contributed by atoms with van der Waals surface area (Å²) in [6.07, 6.45) is -0.677. The first-order valence-electron chi connectivity index (χ1n) is 16.6. The minimum absolute atomic E-state index is 0.00870. The van der Waals surface area contributed by atoms with Crippen LogP contribution in [-0.4, -0.2) is 136 Å².